The van der Waals surface area contributed by atoms with Crippen LogP contribution in [-0.4, -0.2) is 39.0 Å². The average Bonchev–Trinajstić information content (AvgIpc) is 2.34. The first-order chi connectivity index (χ1) is 8.49. The van der Waals surface area contributed by atoms with Gasteiger partial charge >= 0.3 is 10.2 Å². The van der Waals surface area contributed by atoms with Gasteiger partial charge in [0.25, 0.3) is 0 Å². The van der Waals surface area contributed by atoms with Crippen molar-refractivity contribution in [2.75, 3.05) is 31.0 Å². The molecule has 1 N–H and O–H groups in total. The fourth-order valence-electron chi connectivity index (χ4n) is 1.69. The Hall–Kier alpha value is -0.630. The van der Waals surface area contributed by atoms with Crippen LogP contribution in [0.4, 0.5) is 5.69 Å². The van der Waals surface area contributed by atoms with Crippen LogP contribution in [0.1, 0.15) is 5.56 Å². The van der Waals surface area contributed by atoms with Crippen LogP contribution in [0.5, 0.6) is 0 Å². The minimum atomic E-state index is -3.50. The predicted octanol–water partition coefficient (Wildman–Crippen LogP) is 1.75. The van der Waals surface area contributed by atoms with Gasteiger partial charge in [0.05, 0.1) is 18.9 Å². The van der Waals surface area contributed by atoms with E-state index in [-0.39, 0.29) is 0 Å². The van der Waals surface area contributed by atoms with Crippen LogP contribution in [0.25, 0.3) is 0 Å². The molecule has 0 atom stereocenters. The zero-order valence-electron chi connectivity index (χ0n) is 10.0. The second-order valence-electron chi connectivity index (χ2n) is 4.10. The molecule has 5 nitrogen and oxygen atoms in total. The summed E-state index contributed by atoms with van der Waals surface area (Å²) in [6, 6.07) is 5.48. The largest absolute Gasteiger partial charge is 0.379 e. The van der Waals surface area contributed by atoms with Crippen molar-refractivity contribution in [3.8, 4) is 0 Å². The third-order valence-electron chi connectivity index (χ3n) is 2.67. The van der Waals surface area contributed by atoms with Gasteiger partial charge in [-0.2, -0.15) is 12.7 Å². The molecule has 0 aliphatic carbocycles. The summed E-state index contributed by atoms with van der Waals surface area (Å²) >= 11 is 3.35. The van der Waals surface area contributed by atoms with Gasteiger partial charge in [-0.1, -0.05) is 6.07 Å². The molecule has 0 spiro atoms. The lowest BCUT2D eigenvalue weighted by Crippen LogP contribution is -2.43. The first kappa shape index (κ1) is 13.8. The Balaban J connectivity index is 2.16. The second kappa shape index (κ2) is 5.56. The van der Waals surface area contributed by atoms with E-state index in [9.17, 15) is 8.42 Å². The Bertz CT molecular complexity index is 527. The Morgan fingerprint density at radius 1 is 1.33 bits per heavy atom. The molecule has 0 unspecified atom stereocenters. The Kier molecular flexibility index (Phi) is 4.26. The van der Waals surface area contributed by atoms with Gasteiger partial charge in [-0.15, -0.1) is 0 Å². The highest BCUT2D eigenvalue weighted by molar-refractivity contribution is 9.10. The van der Waals surface area contributed by atoms with Crippen molar-refractivity contribution in [3.63, 3.8) is 0 Å². The van der Waals surface area contributed by atoms with Crippen molar-refractivity contribution in [3.05, 3.63) is 28.2 Å². The van der Waals surface area contributed by atoms with Crippen molar-refractivity contribution in [1.29, 1.82) is 0 Å². The smallest absolute Gasteiger partial charge is 0.301 e. The van der Waals surface area contributed by atoms with Gasteiger partial charge in [-0.05, 0) is 40.5 Å². The number of morpholine rings is 1. The normalized spacial score (nSPS) is 17.7. The highest BCUT2D eigenvalue weighted by Gasteiger charge is 2.24. The van der Waals surface area contributed by atoms with Crippen LogP contribution < -0.4 is 4.72 Å². The van der Waals surface area contributed by atoms with Crippen molar-refractivity contribution < 1.29 is 13.2 Å². The number of anilines is 1. The molecule has 7 heteroatoms. The zero-order valence-corrected chi connectivity index (χ0v) is 12.4. The van der Waals surface area contributed by atoms with Gasteiger partial charge in [-0.25, -0.2) is 0 Å². The maximum atomic E-state index is 12.1. The van der Waals surface area contributed by atoms with Crippen LogP contribution in [0.15, 0.2) is 22.7 Å². The summed E-state index contributed by atoms with van der Waals surface area (Å²) in [5.41, 5.74) is 1.61. The highest BCUT2D eigenvalue weighted by atomic mass is 79.9. The van der Waals surface area contributed by atoms with Crippen molar-refractivity contribution in [2.45, 2.75) is 6.92 Å². The summed E-state index contributed by atoms with van der Waals surface area (Å²) < 4.78 is 34.1. The van der Waals surface area contributed by atoms with E-state index in [0.717, 1.165) is 10.0 Å². The summed E-state index contributed by atoms with van der Waals surface area (Å²) in [6.45, 7) is 3.61. The van der Waals surface area contributed by atoms with Crippen LogP contribution >= 0.6 is 15.9 Å². The topological polar surface area (TPSA) is 58.6 Å². The number of benzene rings is 1. The Morgan fingerprint density at radius 2 is 2.00 bits per heavy atom. The van der Waals surface area contributed by atoms with E-state index in [1.807, 2.05) is 19.1 Å². The molecular formula is C11H15BrN2O3S. The van der Waals surface area contributed by atoms with Crippen molar-refractivity contribution in [2.24, 2.45) is 0 Å². The van der Waals surface area contributed by atoms with E-state index in [2.05, 4.69) is 20.7 Å². The molecule has 0 saturated carbocycles. The summed E-state index contributed by atoms with van der Waals surface area (Å²) in [5.74, 6) is 0. The monoisotopic (exact) mass is 334 g/mol. The number of ether oxygens (including phenoxy) is 1. The molecule has 0 amide bonds. The van der Waals surface area contributed by atoms with Crippen LogP contribution in [0.3, 0.4) is 0 Å². The van der Waals surface area contributed by atoms with Gasteiger partial charge in [0.15, 0.2) is 0 Å². The number of aryl methyl sites for hydroxylation is 1. The average molecular weight is 335 g/mol. The molecule has 1 fully saturated rings. The predicted molar refractivity (Wildman–Crippen MR) is 73.8 cm³/mol. The summed E-state index contributed by atoms with van der Waals surface area (Å²) in [5, 5.41) is 0. The van der Waals surface area contributed by atoms with Gasteiger partial charge in [0.1, 0.15) is 0 Å². The fraction of sp³-hybridized carbons (Fsp3) is 0.455. The molecule has 1 saturated heterocycles. The third-order valence-corrected chi connectivity index (χ3v) is 4.85. The standard InChI is InChI=1S/C11H15BrN2O3S/c1-9-2-3-11(10(12)8-9)13-18(15,16)14-4-6-17-7-5-14/h2-3,8,13H,4-7H2,1H3. The van der Waals surface area contributed by atoms with Gasteiger partial charge in [-0.3, -0.25) is 4.72 Å². The molecule has 1 aliphatic rings. The van der Waals surface area contributed by atoms with E-state index in [4.69, 9.17) is 4.74 Å². The number of halogens is 1. The van der Waals surface area contributed by atoms with E-state index >= 15 is 0 Å². The molecule has 0 aromatic heterocycles. The summed E-state index contributed by atoms with van der Waals surface area (Å²) in [6.07, 6.45) is 0. The second-order valence-corrected chi connectivity index (χ2v) is 6.63. The minimum absolute atomic E-state index is 0.388. The molecule has 1 heterocycles. The summed E-state index contributed by atoms with van der Waals surface area (Å²) in [7, 11) is -3.50. The van der Waals surface area contributed by atoms with Crippen molar-refractivity contribution in [1.82, 2.24) is 4.31 Å². The molecule has 2 rings (SSSR count). The first-order valence-electron chi connectivity index (χ1n) is 5.61. The SMILES string of the molecule is Cc1ccc(NS(=O)(=O)N2CCOCC2)c(Br)c1. The molecule has 1 aromatic carbocycles. The van der Waals surface area contributed by atoms with Gasteiger partial charge in [0, 0.05) is 17.6 Å². The van der Waals surface area contributed by atoms with Crippen molar-refractivity contribution >= 4 is 31.8 Å². The molecule has 18 heavy (non-hydrogen) atoms. The Morgan fingerprint density at radius 3 is 2.61 bits per heavy atom. The maximum Gasteiger partial charge on any atom is 0.301 e. The minimum Gasteiger partial charge on any atom is -0.379 e. The lowest BCUT2D eigenvalue weighted by atomic mass is 10.2. The molecular weight excluding hydrogens is 320 g/mol. The third kappa shape index (κ3) is 3.23. The summed E-state index contributed by atoms with van der Waals surface area (Å²) in [4.78, 5) is 0. The number of nitrogens with zero attached hydrogens (tertiary/aromatic N) is 1. The first-order valence-corrected chi connectivity index (χ1v) is 7.84. The quantitative estimate of drug-likeness (QED) is 0.916. The lowest BCUT2D eigenvalue weighted by Gasteiger charge is -2.26. The maximum absolute atomic E-state index is 12.1. The van der Waals surface area contributed by atoms with E-state index in [1.165, 1.54) is 4.31 Å². The van der Waals surface area contributed by atoms with E-state index in [1.54, 1.807) is 6.07 Å². The van der Waals surface area contributed by atoms with Crippen LogP contribution in [0, 0.1) is 6.92 Å². The number of nitrogens with one attached hydrogen (secondary N) is 1. The van der Waals surface area contributed by atoms with Crippen LogP contribution in [0.2, 0.25) is 0 Å². The van der Waals surface area contributed by atoms with E-state index < -0.39 is 10.2 Å². The van der Waals surface area contributed by atoms with Gasteiger partial charge < -0.3 is 4.74 Å². The molecule has 0 radical (unpaired) electrons. The highest BCUT2D eigenvalue weighted by Crippen LogP contribution is 2.25. The zero-order chi connectivity index (χ0) is 13.2. The number of hydrogen-bond donors (Lipinski definition) is 1. The van der Waals surface area contributed by atoms with Crippen LogP contribution in [-0.2, 0) is 14.9 Å². The van der Waals surface area contributed by atoms with E-state index in [0.29, 0.717) is 32.0 Å². The number of hydrogen-bond acceptors (Lipinski definition) is 3. The number of rotatable bonds is 3. The van der Waals surface area contributed by atoms with Gasteiger partial charge in [0.2, 0.25) is 0 Å². The molecule has 1 aromatic rings. The Labute approximate surface area is 115 Å². The lowest BCUT2D eigenvalue weighted by molar-refractivity contribution is 0.0733. The fourth-order valence-corrected chi connectivity index (χ4v) is 3.63. The molecule has 1 aliphatic heterocycles. The molecule has 100 valence electrons. The molecule has 0 bridgehead atoms.